The summed E-state index contributed by atoms with van der Waals surface area (Å²) in [6, 6.07) is -0.673. The first-order valence-electron chi connectivity index (χ1n) is 12.2. The van der Waals surface area contributed by atoms with Crippen molar-refractivity contribution in [2.45, 2.75) is 141 Å². The topological polar surface area (TPSA) is 36.9 Å². The second-order valence-corrected chi connectivity index (χ2v) is 28.6. The molecule has 4 nitrogen and oxygen atoms in total. The lowest BCUT2D eigenvalue weighted by molar-refractivity contribution is -0.0500. The van der Waals surface area contributed by atoms with Crippen LogP contribution in [0.5, 0.6) is 0 Å². The van der Waals surface area contributed by atoms with Crippen molar-refractivity contribution in [1.29, 1.82) is 0 Å². The Morgan fingerprint density at radius 1 is 0.788 bits per heavy atom. The van der Waals surface area contributed by atoms with E-state index in [-0.39, 0.29) is 21.7 Å². The van der Waals surface area contributed by atoms with Crippen LogP contribution in [0.3, 0.4) is 0 Å². The van der Waals surface area contributed by atoms with Crippen LogP contribution in [0.2, 0.25) is 54.4 Å². The van der Waals surface area contributed by atoms with Crippen molar-refractivity contribution in [2.75, 3.05) is 6.61 Å². The zero-order chi connectivity index (χ0) is 26.5. The summed E-state index contributed by atoms with van der Waals surface area (Å²) in [5, 5.41) is 0.0748. The first-order valence-corrected chi connectivity index (χ1v) is 21.0. The van der Waals surface area contributed by atoms with Crippen LogP contribution in [-0.2, 0) is 18.0 Å². The van der Waals surface area contributed by atoms with Gasteiger partial charge in [-0.2, -0.15) is 0 Å². The summed E-state index contributed by atoms with van der Waals surface area (Å²) in [5.74, 6) is 2.94. The summed E-state index contributed by atoms with van der Waals surface area (Å²) in [5.41, 5.74) is -1.09. The van der Waals surface area contributed by atoms with Crippen molar-refractivity contribution in [2.24, 2.45) is 0 Å². The fourth-order valence-corrected chi connectivity index (χ4v) is 6.51. The molecule has 0 saturated carbocycles. The van der Waals surface area contributed by atoms with Crippen molar-refractivity contribution in [3.8, 4) is 12.3 Å². The molecule has 1 rings (SSSR count). The molecule has 0 spiro atoms. The molecule has 0 unspecified atom stereocenters. The maximum Gasteiger partial charge on any atom is 0.192 e. The van der Waals surface area contributed by atoms with E-state index in [1.165, 1.54) is 0 Å². The molecule has 0 aromatic carbocycles. The van der Waals surface area contributed by atoms with Crippen LogP contribution in [0, 0.1) is 12.3 Å². The SMILES string of the molecule is [B][C@@H]1O[C@](C#C)(CO[Si](C)(C)C(C)(C)C)[C@H](O[Si](C)(C)C(C)(C)C)[C@H]1O[Si](C)(C)C(C)(C)C. The maximum absolute atomic E-state index is 6.99. The predicted molar refractivity (Wildman–Crippen MR) is 149 cm³/mol. The van der Waals surface area contributed by atoms with Crippen molar-refractivity contribution in [3.63, 3.8) is 0 Å². The Kier molecular flexibility index (Phi) is 9.00. The summed E-state index contributed by atoms with van der Waals surface area (Å²) < 4.78 is 26.8. The molecule has 0 aromatic rings. The molecule has 1 aliphatic rings. The van der Waals surface area contributed by atoms with E-state index in [1.807, 2.05) is 0 Å². The second-order valence-electron chi connectivity index (χ2n) is 14.3. The van der Waals surface area contributed by atoms with E-state index < -0.39 is 48.8 Å². The van der Waals surface area contributed by atoms with Crippen LogP contribution in [-0.4, -0.2) is 63.2 Å². The normalized spacial score (nSPS) is 28.1. The Morgan fingerprint density at radius 2 is 1.18 bits per heavy atom. The lowest BCUT2D eigenvalue weighted by Gasteiger charge is -2.46. The zero-order valence-corrected chi connectivity index (χ0v) is 27.2. The third-order valence-corrected chi connectivity index (χ3v) is 22.0. The Hall–Kier alpha value is 0.116. The largest absolute Gasteiger partial charge is 0.413 e. The molecular formula is C25H51BO4Si3. The maximum atomic E-state index is 6.99. The van der Waals surface area contributed by atoms with Crippen molar-refractivity contribution in [3.05, 3.63) is 0 Å². The highest BCUT2D eigenvalue weighted by atomic mass is 28.4. The predicted octanol–water partition coefficient (Wildman–Crippen LogP) is 6.69. The number of ether oxygens (including phenoxy) is 1. The average Bonchev–Trinajstić information content (AvgIpc) is 2.82. The monoisotopic (exact) mass is 510 g/mol. The van der Waals surface area contributed by atoms with Gasteiger partial charge in [0.1, 0.15) is 14.0 Å². The zero-order valence-electron chi connectivity index (χ0n) is 24.2. The fourth-order valence-electron chi connectivity index (χ4n) is 2.89. The van der Waals surface area contributed by atoms with E-state index in [4.69, 9.17) is 32.3 Å². The Bertz CT molecular complexity index is 726. The van der Waals surface area contributed by atoms with Gasteiger partial charge in [-0.25, -0.2) is 0 Å². The van der Waals surface area contributed by atoms with Crippen molar-refractivity contribution >= 4 is 32.8 Å². The van der Waals surface area contributed by atoms with Gasteiger partial charge in [0.05, 0.1) is 12.7 Å². The van der Waals surface area contributed by atoms with E-state index in [0.29, 0.717) is 0 Å². The lowest BCUT2D eigenvalue weighted by atomic mass is 9.90. The third kappa shape index (κ3) is 6.66. The van der Waals surface area contributed by atoms with Gasteiger partial charge in [-0.05, 0) is 54.4 Å². The molecule has 190 valence electrons. The molecule has 1 fully saturated rings. The molecule has 4 atom stereocenters. The van der Waals surface area contributed by atoms with Crippen molar-refractivity contribution in [1.82, 2.24) is 0 Å². The molecule has 1 heterocycles. The minimum atomic E-state index is -2.22. The standard InChI is InChI=1S/C25H51BO4Si3/c1-17-25(18-27-31(11,12)22(2,3)4)20(30-33(15,16)24(8,9)10)19(21(26)28-25)29-32(13,14)23(5,6)7/h1,19-21H,18H2,2-16H3/t19-,20-,21-,25-/m1/s1. The van der Waals surface area contributed by atoms with E-state index in [9.17, 15) is 0 Å². The van der Waals surface area contributed by atoms with Crippen molar-refractivity contribution < 1.29 is 18.0 Å². The molecule has 0 N–H and O–H groups in total. The minimum Gasteiger partial charge on any atom is -0.413 e. The highest BCUT2D eigenvalue weighted by molar-refractivity contribution is 6.75. The van der Waals surface area contributed by atoms with E-state index in [2.05, 4.69) is 108 Å². The van der Waals surface area contributed by atoms with Gasteiger partial charge in [-0.3, -0.25) is 0 Å². The number of terminal acetylenes is 1. The summed E-state index contributed by atoms with van der Waals surface area (Å²) in [7, 11) is 0.137. The van der Waals surface area contributed by atoms with Gasteiger partial charge in [0, 0.05) is 6.00 Å². The lowest BCUT2D eigenvalue weighted by Crippen LogP contribution is -2.58. The highest BCUT2D eigenvalue weighted by Crippen LogP contribution is 2.46. The first kappa shape index (κ1) is 31.1. The average molecular weight is 511 g/mol. The smallest absolute Gasteiger partial charge is 0.192 e. The van der Waals surface area contributed by atoms with Crippen LogP contribution in [0.25, 0.3) is 0 Å². The number of rotatable bonds is 7. The van der Waals surface area contributed by atoms with Crippen LogP contribution >= 0.6 is 0 Å². The molecule has 0 aliphatic carbocycles. The molecule has 33 heavy (non-hydrogen) atoms. The van der Waals surface area contributed by atoms with E-state index >= 15 is 0 Å². The van der Waals surface area contributed by atoms with Gasteiger partial charge in [0.2, 0.25) is 0 Å². The Balaban J connectivity index is 3.49. The molecule has 1 aliphatic heterocycles. The highest BCUT2D eigenvalue weighted by Gasteiger charge is 2.59. The molecule has 0 bridgehead atoms. The molecular weight excluding hydrogens is 459 g/mol. The van der Waals surface area contributed by atoms with E-state index in [0.717, 1.165) is 0 Å². The van der Waals surface area contributed by atoms with Crippen LogP contribution in [0.15, 0.2) is 0 Å². The fraction of sp³-hybridized carbons (Fsp3) is 0.920. The molecule has 8 heteroatoms. The van der Waals surface area contributed by atoms with Crippen LogP contribution in [0.4, 0.5) is 0 Å². The Morgan fingerprint density at radius 3 is 1.55 bits per heavy atom. The summed E-state index contributed by atoms with van der Waals surface area (Å²) in [4.78, 5) is 0. The first-order chi connectivity index (χ1) is 14.3. The summed E-state index contributed by atoms with van der Waals surface area (Å²) in [6.45, 7) is 33.6. The van der Waals surface area contributed by atoms with Crippen LogP contribution < -0.4 is 0 Å². The minimum absolute atomic E-state index is 0.00182. The Labute approximate surface area is 210 Å². The van der Waals surface area contributed by atoms with Gasteiger partial charge >= 0.3 is 0 Å². The number of hydrogen-bond acceptors (Lipinski definition) is 4. The quantitative estimate of drug-likeness (QED) is 0.283. The summed E-state index contributed by atoms with van der Waals surface area (Å²) >= 11 is 0. The second kappa shape index (κ2) is 9.53. The van der Waals surface area contributed by atoms with Gasteiger partial charge in [-0.15, -0.1) is 6.42 Å². The molecule has 0 amide bonds. The van der Waals surface area contributed by atoms with Gasteiger partial charge in [-0.1, -0.05) is 68.2 Å². The van der Waals surface area contributed by atoms with Gasteiger partial charge in [0.15, 0.2) is 30.6 Å². The van der Waals surface area contributed by atoms with Gasteiger partial charge < -0.3 is 18.0 Å². The van der Waals surface area contributed by atoms with Gasteiger partial charge in [0.25, 0.3) is 0 Å². The number of hydrogen-bond donors (Lipinski definition) is 0. The molecule has 2 radical (unpaired) electrons. The van der Waals surface area contributed by atoms with Crippen LogP contribution in [0.1, 0.15) is 62.3 Å². The molecule has 1 saturated heterocycles. The molecule has 0 aromatic heterocycles. The summed E-state index contributed by atoms with van der Waals surface area (Å²) in [6.07, 6.45) is 5.26. The third-order valence-electron chi connectivity index (χ3n) is 8.59. The van der Waals surface area contributed by atoms with E-state index in [1.54, 1.807) is 0 Å².